The van der Waals surface area contributed by atoms with Crippen molar-refractivity contribution < 1.29 is 0 Å². The summed E-state index contributed by atoms with van der Waals surface area (Å²) >= 11 is 0. The first kappa shape index (κ1) is 19.2. The SMILES string of the molecule is CC/C=C\C/C=C\C/C=C\CCCCCCCCNC. The van der Waals surface area contributed by atoms with Gasteiger partial charge in [-0.2, -0.15) is 0 Å². The number of unbranched alkanes of at least 4 members (excludes halogenated alkanes) is 6. The number of hydrogen-bond acceptors (Lipinski definition) is 1. The summed E-state index contributed by atoms with van der Waals surface area (Å²) in [5.41, 5.74) is 0. The molecule has 0 fully saturated rings. The maximum atomic E-state index is 3.20. The normalized spacial score (nSPS) is 12.3. The van der Waals surface area contributed by atoms with E-state index in [1.165, 1.54) is 51.5 Å². The lowest BCUT2D eigenvalue weighted by Gasteiger charge is -2.00. The lowest BCUT2D eigenvalue weighted by Crippen LogP contribution is -2.06. The first-order valence-corrected chi connectivity index (χ1v) is 8.51. The molecule has 0 atom stereocenters. The molecule has 0 aliphatic carbocycles. The van der Waals surface area contributed by atoms with Crippen LogP contribution in [0.2, 0.25) is 0 Å². The molecule has 20 heavy (non-hydrogen) atoms. The molecule has 0 aromatic rings. The molecule has 0 saturated carbocycles. The van der Waals surface area contributed by atoms with E-state index in [0.717, 1.165) is 19.3 Å². The molecule has 0 aromatic heterocycles. The van der Waals surface area contributed by atoms with E-state index in [4.69, 9.17) is 0 Å². The van der Waals surface area contributed by atoms with Gasteiger partial charge >= 0.3 is 0 Å². The van der Waals surface area contributed by atoms with Crippen LogP contribution in [0, 0.1) is 0 Å². The molecule has 0 aliphatic heterocycles. The van der Waals surface area contributed by atoms with Crippen LogP contribution in [0.5, 0.6) is 0 Å². The van der Waals surface area contributed by atoms with Crippen LogP contribution in [-0.4, -0.2) is 13.6 Å². The summed E-state index contributed by atoms with van der Waals surface area (Å²) in [6.07, 6.45) is 26.4. The molecular weight excluding hydrogens is 242 g/mol. The predicted octanol–water partition coefficient (Wildman–Crippen LogP) is 5.80. The maximum absolute atomic E-state index is 3.20. The Morgan fingerprint density at radius 2 is 1.20 bits per heavy atom. The van der Waals surface area contributed by atoms with Crippen molar-refractivity contribution in [1.82, 2.24) is 5.32 Å². The van der Waals surface area contributed by atoms with Gasteiger partial charge in [0.1, 0.15) is 0 Å². The van der Waals surface area contributed by atoms with Crippen molar-refractivity contribution in [3.8, 4) is 0 Å². The van der Waals surface area contributed by atoms with Gasteiger partial charge in [-0.05, 0) is 52.1 Å². The van der Waals surface area contributed by atoms with Crippen LogP contribution < -0.4 is 5.32 Å². The minimum absolute atomic E-state index is 1.08. The van der Waals surface area contributed by atoms with Crippen LogP contribution in [-0.2, 0) is 0 Å². The molecule has 0 heterocycles. The summed E-state index contributed by atoms with van der Waals surface area (Å²) in [5.74, 6) is 0. The van der Waals surface area contributed by atoms with Crippen molar-refractivity contribution >= 4 is 0 Å². The molecule has 0 aromatic carbocycles. The highest BCUT2D eigenvalue weighted by Gasteiger charge is 1.89. The monoisotopic (exact) mass is 277 g/mol. The van der Waals surface area contributed by atoms with Gasteiger partial charge in [-0.1, -0.05) is 69.1 Å². The second-order valence-electron chi connectivity index (χ2n) is 5.31. The maximum Gasteiger partial charge on any atom is -0.00519 e. The summed E-state index contributed by atoms with van der Waals surface area (Å²) in [4.78, 5) is 0. The Morgan fingerprint density at radius 3 is 1.85 bits per heavy atom. The highest BCUT2D eigenvalue weighted by Crippen LogP contribution is 2.07. The molecule has 1 N–H and O–H groups in total. The fraction of sp³-hybridized carbons (Fsp3) is 0.684. The van der Waals surface area contributed by atoms with Crippen molar-refractivity contribution in [2.24, 2.45) is 0 Å². The zero-order valence-corrected chi connectivity index (χ0v) is 13.7. The third kappa shape index (κ3) is 17.2. The van der Waals surface area contributed by atoms with Crippen molar-refractivity contribution in [3.63, 3.8) is 0 Å². The first-order chi connectivity index (χ1) is 9.91. The summed E-state index contributed by atoms with van der Waals surface area (Å²) in [6, 6.07) is 0. The zero-order chi connectivity index (χ0) is 14.7. The Morgan fingerprint density at radius 1 is 0.650 bits per heavy atom. The minimum atomic E-state index is 1.08. The zero-order valence-electron chi connectivity index (χ0n) is 13.7. The molecule has 0 saturated heterocycles. The number of hydrogen-bond donors (Lipinski definition) is 1. The Bertz CT molecular complexity index is 250. The van der Waals surface area contributed by atoms with Crippen LogP contribution in [0.25, 0.3) is 0 Å². The van der Waals surface area contributed by atoms with Gasteiger partial charge in [0.25, 0.3) is 0 Å². The molecule has 0 aliphatic rings. The Balaban J connectivity index is 3.17. The van der Waals surface area contributed by atoms with E-state index >= 15 is 0 Å². The van der Waals surface area contributed by atoms with Gasteiger partial charge < -0.3 is 5.32 Å². The fourth-order valence-corrected chi connectivity index (χ4v) is 2.10. The smallest absolute Gasteiger partial charge is 0.00519 e. The highest BCUT2D eigenvalue weighted by atomic mass is 14.8. The van der Waals surface area contributed by atoms with Gasteiger partial charge in [-0.15, -0.1) is 0 Å². The average Bonchev–Trinajstić information content (AvgIpc) is 2.47. The molecule has 0 unspecified atom stereocenters. The van der Waals surface area contributed by atoms with Gasteiger partial charge in [0.15, 0.2) is 0 Å². The average molecular weight is 277 g/mol. The topological polar surface area (TPSA) is 12.0 Å². The molecular formula is C19H35N. The summed E-state index contributed by atoms with van der Waals surface area (Å²) in [5, 5.41) is 3.20. The molecule has 1 heteroatoms. The van der Waals surface area contributed by atoms with Gasteiger partial charge in [-0.3, -0.25) is 0 Å². The van der Waals surface area contributed by atoms with Crippen LogP contribution in [0.4, 0.5) is 0 Å². The highest BCUT2D eigenvalue weighted by molar-refractivity contribution is 4.96. The van der Waals surface area contributed by atoms with E-state index in [1.807, 2.05) is 7.05 Å². The molecule has 0 rings (SSSR count). The lowest BCUT2D eigenvalue weighted by atomic mass is 10.1. The number of nitrogens with one attached hydrogen (secondary N) is 1. The molecule has 0 spiro atoms. The summed E-state index contributed by atoms with van der Waals surface area (Å²) in [6.45, 7) is 3.34. The third-order valence-corrected chi connectivity index (χ3v) is 3.33. The molecule has 0 radical (unpaired) electrons. The number of rotatable bonds is 14. The Labute approximate surface area is 127 Å². The van der Waals surface area contributed by atoms with E-state index in [9.17, 15) is 0 Å². The summed E-state index contributed by atoms with van der Waals surface area (Å²) in [7, 11) is 2.03. The van der Waals surface area contributed by atoms with E-state index < -0.39 is 0 Å². The van der Waals surface area contributed by atoms with E-state index in [2.05, 4.69) is 48.7 Å². The molecule has 0 amide bonds. The van der Waals surface area contributed by atoms with Crippen molar-refractivity contribution in [1.29, 1.82) is 0 Å². The van der Waals surface area contributed by atoms with Crippen LogP contribution in [0.1, 0.15) is 71.1 Å². The molecule has 116 valence electrons. The molecule has 0 bridgehead atoms. The van der Waals surface area contributed by atoms with Crippen LogP contribution in [0.15, 0.2) is 36.5 Å². The van der Waals surface area contributed by atoms with Gasteiger partial charge in [-0.25, -0.2) is 0 Å². The van der Waals surface area contributed by atoms with Crippen molar-refractivity contribution in [3.05, 3.63) is 36.5 Å². The number of allylic oxidation sites excluding steroid dienone is 6. The Kier molecular flexibility index (Phi) is 17.4. The third-order valence-electron chi connectivity index (χ3n) is 3.33. The van der Waals surface area contributed by atoms with E-state index in [0.29, 0.717) is 0 Å². The first-order valence-electron chi connectivity index (χ1n) is 8.51. The predicted molar refractivity (Wildman–Crippen MR) is 93.2 cm³/mol. The quantitative estimate of drug-likeness (QED) is 0.313. The van der Waals surface area contributed by atoms with Gasteiger partial charge in [0.2, 0.25) is 0 Å². The standard InChI is InChI=1S/C19H35N/c1-3-4-5-6-7-8-9-10-11-12-13-14-15-16-17-18-19-20-2/h4-5,7-8,10-11,20H,3,6,9,12-19H2,1-2H3/b5-4-,8-7-,11-10-. The lowest BCUT2D eigenvalue weighted by molar-refractivity contribution is 0.584. The fourth-order valence-electron chi connectivity index (χ4n) is 2.10. The second kappa shape index (κ2) is 18.2. The van der Waals surface area contributed by atoms with Crippen molar-refractivity contribution in [2.75, 3.05) is 13.6 Å². The van der Waals surface area contributed by atoms with Gasteiger partial charge in [0.05, 0.1) is 0 Å². The van der Waals surface area contributed by atoms with Crippen molar-refractivity contribution in [2.45, 2.75) is 71.1 Å². The van der Waals surface area contributed by atoms with Gasteiger partial charge in [0, 0.05) is 0 Å². The van der Waals surface area contributed by atoms with Crippen LogP contribution >= 0.6 is 0 Å². The second-order valence-corrected chi connectivity index (χ2v) is 5.31. The van der Waals surface area contributed by atoms with E-state index in [-0.39, 0.29) is 0 Å². The van der Waals surface area contributed by atoms with E-state index in [1.54, 1.807) is 0 Å². The van der Waals surface area contributed by atoms with Crippen LogP contribution in [0.3, 0.4) is 0 Å². The summed E-state index contributed by atoms with van der Waals surface area (Å²) < 4.78 is 0. The largest absolute Gasteiger partial charge is 0.320 e. The molecule has 1 nitrogen and oxygen atoms in total. The Hall–Kier alpha value is -0.820. The minimum Gasteiger partial charge on any atom is -0.320 e.